The van der Waals surface area contributed by atoms with Crippen LogP contribution in [0.25, 0.3) is 0 Å². The van der Waals surface area contributed by atoms with E-state index in [2.05, 4.69) is 55.4 Å². The molecular weight excluding hydrogens is 168 g/mol. The fourth-order valence-electron chi connectivity index (χ4n) is 1.83. The fraction of sp³-hybridized carbons (Fsp3) is 0.857. The molecule has 0 saturated carbocycles. The Kier molecular flexibility index (Phi) is 4.42. The van der Waals surface area contributed by atoms with E-state index >= 15 is 0 Å². The molecule has 0 spiro atoms. The molecule has 0 aliphatic rings. The van der Waals surface area contributed by atoms with Gasteiger partial charge in [-0.3, -0.25) is 0 Å². The highest BCUT2D eigenvalue weighted by atomic mass is 14.3. The molecule has 0 aromatic rings. The largest absolute Gasteiger partial charge is 0.0682 e. The molecule has 0 fully saturated rings. The minimum absolute atomic E-state index is 0.317. The molecule has 0 saturated heterocycles. The summed E-state index contributed by atoms with van der Waals surface area (Å²) >= 11 is 0. The molecule has 14 heavy (non-hydrogen) atoms. The van der Waals surface area contributed by atoms with Gasteiger partial charge in [0.15, 0.2) is 0 Å². The van der Waals surface area contributed by atoms with Crippen molar-refractivity contribution in [3.05, 3.63) is 11.1 Å². The van der Waals surface area contributed by atoms with Gasteiger partial charge in [-0.25, -0.2) is 0 Å². The van der Waals surface area contributed by atoms with Gasteiger partial charge in [-0.2, -0.15) is 0 Å². The van der Waals surface area contributed by atoms with E-state index in [9.17, 15) is 0 Å². The first-order valence-corrected chi connectivity index (χ1v) is 5.81. The Morgan fingerprint density at radius 2 is 1.29 bits per heavy atom. The molecule has 0 atom stereocenters. The predicted molar refractivity (Wildman–Crippen MR) is 66.5 cm³/mol. The zero-order valence-corrected chi connectivity index (χ0v) is 11.4. The lowest BCUT2D eigenvalue weighted by molar-refractivity contribution is 0.429. The molecule has 0 N–H and O–H groups in total. The topological polar surface area (TPSA) is 0 Å². The van der Waals surface area contributed by atoms with Crippen molar-refractivity contribution in [3.8, 4) is 0 Å². The van der Waals surface area contributed by atoms with Crippen LogP contribution in [0.4, 0.5) is 0 Å². The first-order chi connectivity index (χ1) is 6.10. The lowest BCUT2D eigenvalue weighted by Crippen LogP contribution is -2.18. The molecule has 0 aliphatic heterocycles. The Labute approximate surface area is 90.8 Å². The molecule has 0 aromatic heterocycles. The maximum Gasteiger partial charge on any atom is -0.0170 e. The molecule has 0 radical (unpaired) electrons. The summed E-state index contributed by atoms with van der Waals surface area (Å²) in [6.07, 6.45) is 2.49. The van der Waals surface area contributed by atoms with Gasteiger partial charge in [-0.15, -0.1) is 0 Å². The molecule has 0 heterocycles. The third-order valence-electron chi connectivity index (χ3n) is 2.98. The van der Waals surface area contributed by atoms with E-state index in [0.717, 1.165) is 0 Å². The molecule has 0 amide bonds. The van der Waals surface area contributed by atoms with Crippen molar-refractivity contribution in [1.29, 1.82) is 0 Å². The van der Waals surface area contributed by atoms with E-state index in [1.807, 2.05) is 0 Å². The average Bonchev–Trinajstić information content (AvgIpc) is 1.94. The molecule has 84 valence electrons. The smallest absolute Gasteiger partial charge is 0.0170 e. The Morgan fingerprint density at radius 1 is 0.857 bits per heavy atom. The third kappa shape index (κ3) is 3.86. The first-order valence-electron chi connectivity index (χ1n) is 5.81. The van der Waals surface area contributed by atoms with Gasteiger partial charge in [0.25, 0.3) is 0 Å². The Bertz CT molecular complexity index is 205. The van der Waals surface area contributed by atoms with Crippen molar-refractivity contribution in [2.45, 2.75) is 68.2 Å². The minimum atomic E-state index is 0.317. The Morgan fingerprint density at radius 3 is 1.50 bits per heavy atom. The highest BCUT2D eigenvalue weighted by Gasteiger charge is 2.24. The molecule has 0 unspecified atom stereocenters. The zero-order chi connectivity index (χ0) is 11.6. The van der Waals surface area contributed by atoms with Gasteiger partial charge in [0.2, 0.25) is 0 Å². The standard InChI is InChI=1S/C14H28/c1-9-10-12(14(6,7)8)11(2)13(3,4)5/h9-10H2,1-8H3/b12-11-. The van der Waals surface area contributed by atoms with E-state index < -0.39 is 0 Å². The summed E-state index contributed by atoms with van der Waals surface area (Å²) < 4.78 is 0. The molecular formula is C14H28. The number of rotatable bonds is 2. The van der Waals surface area contributed by atoms with Gasteiger partial charge >= 0.3 is 0 Å². The SMILES string of the molecule is CCC/C(=C(\C)C(C)(C)C)C(C)(C)C. The second kappa shape index (κ2) is 4.51. The highest BCUT2D eigenvalue weighted by molar-refractivity contribution is 5.22. The summed E-state index contributed by atoms with van der Waals surface area (Å²) in [7, 11) is 0. The number of hydrogen-bond donors (Lipinski definition) is 0. The summed E-state index contributed by atoms with van der Waals surface area (Å²) in [4.78, 5) is 0. The van der Waals surface area contributed by atoms with Crippen LogP contribution in [0.5, 0.6) is 0 Å². The van der Waals surface area contributed by atoms with Gasteiger partial charge in [0.05, 0.1) is 0 Å². The van der Waals surface area contributed by atoms with Crippen molar-refractivity contribution >= 4 is 0 Å². The van der Waals surface area contributed by atoms with Crippen LogP contribution in [0.1, 0.15) is 68.2 Å². The second-order valence-corrected chi connectivity index (χ2v) is 6.35. The summed E-state index contributed by atoms with van der Waals surface area (Å²) in [5.74, 6) is 0. The Balaban J connectivity index is 5.17. The van der Waals surface area contributed by atoms with Crippen molar-refractivity contribution < 1.29 is 0 Å². The van der Waals surface area contributed by atoms with Crippen LogP contribution in [0.3, 0.4) is 0 Å². The van der Waals surface area contributed by atoms with Gasteiger partial charge in [0, 0.05) is 0 Å². The van der Waals surface area contributed by atoms with E-state index in [0.29, 0.717) is 10.8 Å². The van der Waals surface area contributed by atoms with Crippen molar-refractivity contribution in [3.63, 3.8) is 0 Å². The van der Waals surface area contributed by atoms with Crippen LogP contribution in [0.15, 0.2) is 11.1 Å². The van der Waals surface area contributed by atoms with Crippen LogP contribution in [-0.2, 0) is 0 Å². The molecule has 0 bridgehead atoms. The molecule has 0 aliphatic carbocycles. The van der Waals surface area contributed by atoms with E-state index in [-0.39, 0.29) is 0 Å². The average molecular weight is 196 g/mol. The Hall–Kier alpha value is -0.260. The zero-order valence-electron chi connectivity index (χ0n) is 11.4. The van der Waals surface area contributed by atoms with Gasteiger partial charge < -0.3 is 0 Å². The minimum Gasteiger partial charge on any atom is -0.0682 e. The molecule has 0 rings (SSSR count). The lowest BCUT2D eigenvalue weighted by Gasteiger charge is -2.31. The van der Waals surface area contributed by atoms with E-state index in [4.69, 9.17) is 0 Å². The first kappa shape index (κ1) is 13.7. The molecule has 0 heteroatoms. The fourth-order valence-corrected chi connectivity index (χ4v) is 1.83. The quantitative estimate of drug-likeness (QED) is 0.533. The van der Waals surface area contributed by atoms with Gasteiger partial charge in [-0.1, -0.05) is 66.0 Å². The van der Waals surface area contributed by atoms with Gasteiger partial charge in [-0.05, 0) is 24.2 Å². The maximum absolute atomic E-state index is 2.33. The second-order valence-electron chi connectivity index (χ2n) is 6.35. The van der Waals surface area contributed by atoms with Gasteiger partial charge in [0.1, 0.15) is 0 Å². The van der Waals surface area contributed by atoms with Crippen LogP contribution < -0.4 is 0 Å². The monoisotopic (exact) mass is 196 g/mol. The van der Waals surface area contributed by atoms with Crippen LogP contribution in [-0.4, -0.2) is 0 Å². The van der Waals surface area contributed by atoms with Crippen LogP contribution >= 0.6 is 0 Å². The van der Waals surface area contributed by atoms with Crippen molar-refractivity contribution in [1.82, 2.24) is 0 Å². The van der Waals surface area contributed by atoms with Crippen molar-refractivity contribution in [2.75, 3.05) is 0 Å². The summed E-state index contributed by atoms with van der Waals surface area (Å²) in [5.41, 5.74) is 3.87. The summed E-state index contributed by atoms with van der Waals surface area (Å²) in [6, 6.07) is 0. The third-order valence-corrected chi connectivity index (χ3v) is 2.98. The maximum atomic E-state index is 2.33. The molecule has 0 nitrogen and oxygen atoms in total. The number of hydrogen-bond acceptors (Lipinski definition) is 0. The van der Waals surface area contributed by atoms with Crippen LogP contribution in [0, 0.1) is 10.8 Å². The van der Waals surface area contributed by atoms with E-state index in [1.54, 1.807) is 11.1 Å². The van der Waals surface area contributed by atoms with Crippen LogP contribution in [0.2, 0.25) is 0 Å². The van der Waals surface area contributed by atoms with Crippen molar-refractivity contribution in [2.24, 2.45) is 10.8 Å². The van der Waals surface area contributed by atoms with E-state index in [1.165, 1.54) is 12.8 Å². The predicted octanol–water partition coefficient (Wildman–Crippen LogP) is 5.20. The summed E-state index contributed by atoms with van der Waals surface area (Å²) in [5, 5.41) is 0. The normalized spacial score (nSPS) is 15.4. The highest BCUT2D eigenvalue weighted by Crippen LogP contribution is 2.38. The molecule has 0 aromatic carbocycles. The number of allylic oxidation sites excluding steroid dienone is 2. The summed E-state index contributed by atoms with van der Waals surface area (Å²) in [6.45, 7) is 18.5. The lowest BCUT2D eigenvalue weighted by atomic mass is 9.74.